The van der Waals surface area contributed by atoms with E-state index in [0.717, 1.165) is 32.4 Å². The summed E-state index contributed by atoms with van der Waals surface area (Å²) < 4.78 is 39.3. The molecule has 2 aliphatic rings. The molecule has 9 heteroatoms. The van der Waals surface area contributed by atoms with Gasteiger partial charge in [0, 0.05) is 32.4 Å². The maximum atomic E-state index is 13.1. The number of hydrogen-bond donors (Lipinski definition) is 1. The highest BCUT2D eigenvalue weighted by Gasteiger charge is 2.52. The van der Waals surface area contributed by atoms with Crippen LogP contribution in [0.15, 0.2) is 12.3 Å². The summed E-state index contributed by atoms with van der Waals surface area (Å²) in [6.07, 6.45) is 0.197. The van der Waals surface area contributed by atoms with Crippen molar-refractivity contribution in [1.29, 1.82) is 0 Å². The quantitative estimate of drug-likeness (QED) is 0.906. The van der Waals surface area contributed by atoms with E-state index >= 15 is 0 Å². The molecule has 0 amide bonds. The van der Waals surface area contributed by atoms with Gasteiger partial charge in [0.2, 0.25) is 5.95 Å². The van der Waals surface area contributed by atoms with Crippen molar-refractivity contribution in [1.82, 2.24) is 9.97 Å². The molecule has 2 atom stereocenters. The molecule has 6 nitrogen and oxygen atoms in total. The average Bonchev–Trinajstić information content (AvgIpc) is 3.02. The van der Waals surface area contributed by atoms with E-state index in [9.17, 15) is 18.0 Å². The molecule has 1 N–H and O–H groups in total. The topological polar surface area (TPSA) is 69.6 Å². The molecule has 0 spiro atoms. The summed E-state index contributed by atoms with van der Waals surface area (Å²) in [5, 5.41) is 9.10. The van der Waals surface area contributed by atoms with Crippen LogP contribution in [0.3, 0.4) is 0 Å². The van der Waals surface area contributed by atoms with Crippen molar-refractivity contribution in [2.45, 2.75) is 25.4 Å². The zero-order valence-electron chi connectivity index (χ0n) is 13.0. The first-order valence-corrected chi connectivity index (χ1v) is 7.99. The van der Waals surface area contributed by atoms with Crippen LogP contribution in [0.2, 0.25) is 0 Å². The van der Waals surface area contributed by atoms with Gasteiger partial charge in [0.1, 0.15) is 5.82 Å². The first-order chi connectivity index (χ1) is 11.4. The Hall–Kier alpha value is -2.06. The van der Waals surface area contributed by atoms with Crippen LogP contribution in [0.4, 0.5) is 24.9 Å². The Labute approximate surface area is 137 Å². The molecule has 0 aromatic carbocycles. The molecule has 0 bridgehead atoms. The minimum Gasteiger partial charge on any atom is -0.481 e. The van der Waals surface area contributed by atoms with Crippen molar-refractivity contribution in [3.05, 3.63) is 12.3 Å². The van der Waals surface area contributed by atoms with E-state index in [1.165, 1.54) is 17.2 Å². The lowest BCUT2D eigenvalue weighted by atomic mass is 9.96. The zero-order valence-corrected chi connectivity index (χ0v) is 13.0. The molecule has 0 aliphatic carbocycles. The maximum absolute atomic E-state index is 13.1. The first-order valence-electron chi connectivity index (χ1n) is 7.99. The number of carboxylic acid groups (broad SMARTS) is 1. The van der Waals surface area contributed by atoms with Crippen LogP contribution < -0.4 is 9.80 Å². The normalized spacial score (nSPS) is 25.1. The zero-order chi connectivity index (χ0) is 17.3. The van der Waals surface area contributed by atoms with Crippen LogP contribution in [0.25, 0.3) is 0 Å². The monoisotopic (exact) mass is 344 g/mol. The maximum Gasteiger partial charge on any atom is 0.394 e. The van der Waals surface area contributed by atoms with Gasteiger partial charge in [-0.2, -0.15) is 18.2 Å². The fourth-order valence-electron chi connectivity index (χ4n) is 3.33. The molecule has 0 saturated carbocycles. The molecule has 2 fully saturated rings. The second-order valence-electron chi connectivity index (χ2n) is 6.26. The highest BCUT2D eigenvalue weighted by molar-refractivity contribution is 5.72. The molecule has 1 aromatic heterocycles. The van der Waals surface area contributed by atoms with Gasteiger partial charge < -0.3 is 14.9 Å². The number of halogens is 3. The lowest BCUT2D eigenvalue weighted by Crippen LogP contribution is -2.33. The Morgan fingerprint density at radius 2 is 1.88 bits per heavy atom. The minimum atomic E-state index is -4.54. The number of aromatic nitrogens is 2. The summed E-state index contributed by atoms with van der Waals surface area (Å²) >= 11 is 0. The van der Waals surface area contributed by atoms with Crippen LogP contribution in [0, 0.1) is 11.8 Å². The second kappa shape index (κ2) is 6.45. The van der Waals surface area contributed by atoms with Crippen LogP contribution >= 0.6 is 0 Å². The van der Waals surface area contributed by atoms with Crippen molar-refractivity contribution in [3.8, 4) is 0 Å². The molecule has 3 heterocycles. The first kappa shape index (κ1) is 16.8. The number of carbonyl (C=O) groups is 1. The summed E-state index contributed by atoms with van der Waals surface area (Å²) in [5.74, 6) is -3.94. The van der Waals surface area contributed by atoms with Gasteiger partial charge in [-0.05, 0) is 25.3 Å². The summed E-state index contributed by atoms with van der Waals surface area (Å²) in [6.45, 7) is 1.06. The van der Waals surface area contributed by atoms with Gasteiger partial charge in [-0.3, -0.25) is 4.79 Å². The van der Waals surface area contributed by atoms with E-state index in [1.807, 2.05) is 4.90 Å². The number of hydrogen-bond acceptors (Lipinski definition) is 5. The third kappa shape index (κ3) is 3.39. The van der Waals surface area contributed by atoms with Gasteiger partial charge in [-0.25, -0.2) is 4.98 Å². The van der Waals surface area contributed by atoms with Crippen molar-refractivity contribution >= 4 is 17.7 Å². The number of alkyl halides is 3. The van der Waals surface area contributed by atoms with Crippen LogP contribution in [0.5, 0.6) is 0 Å². The average molecular weight is 344 g/mol. The standard InChI is InChI=1S/C15H19F3N4O2/c16-15(17,18)11-9-22(8-10(11)13(23)24)12-4-5-19-14(20-12)21-6-2-1-3-7-21/h4-5,10-11H,1-3,6-9H2,(H,23,24)/t10-,11-/m1/s1. The molecule has 3 rings (SSSR count). The molecule has 1 aromatic rings. The Kier molecular flexibility index (Phi) is 4.51. The molecule has 132 valence electrons. The van der Waals surface area contributed by atoms with E-state index in [-0.39, 0.29) is 6.54 Å². The summed E-state index contributed by atoms with van der Waals surface area (Å²) in [5.41, 5.74) is 0. The van der Waals surface area contributed by atoms with Crippen molar-refractivity contribution < 1.29 is 23.1 Å². The molecule has 0 unspecified atom stereocenters. The van der Waals surface area contributed by atoms with Crippen molar-refractivity contribution in [2.75, 3.05) is 36.0 Å². The minimum absolute atomic E-state index is 0.198. The fraction of sp³-hybridized carbons (Fsp3) is 0.667. The Morgan fingerprint density at radius 1 is 1.17 bits per heavy atom. The molecular formula is C15H19F3N4O2. The summed E-state index contributed by atoms with van der Waals surface area (Å²) in [4.78, 5) is 23.2. The lowest BCUT2D eigenvalue weighted by Gasteiger charge is -2.27. The van der Waals surface area contributed by atoms with E-state index in [2.05, 4.69) is 9.97 Å². The Bertz CT molecular complexity index is 605. The van der Waals surface area contributed by atoms with Crippen LogP contribution in [-0.4, -0.2) is 53.4 Å². The highest BCUT2D eigenvalue weighted by atomic mass is 19.4. The van der Waals surface area contributed by atoms with Crippen molar-refractivity contribution in [3.63, 3.8) is 0 Å². The number of rotatable bonds is 3. The highest BCUT2D eigenvalue weighted by Crippen LogP contribution is 2.39. The third-order valence-electron chi connectivity index (χ3n) is 4.65. The van der Waals surface area contributed by atoms with E-state index in [4.69, 9.17) is 5.11 Å². The fourth-order valence-corrected chi connectivity index (χ4v) is 3.33. The Morgan fingerprint density at radius 3 is 2.46 bits per heavy atom. The third-order valence-corrected chi connectivity index (χ3v) is 4.65. The largest absolute Gasteiger partial charge is 0.481 e. The smallest absolute Gasteiger partial charge is 0.394 e. The van der Waals surface area contributed by atoms with Crippen molar-refractivity contribution in [2.24, 2.45) is 11.8 Å². The van der Waals surface area contributed by atoms with Gasteiger partial charge in [0.25, 0.3) is 0 Å². The number of anilines is 2. The summed E-state index contributed by atoms with van der Waals surface area (Å²) in [6, 6.07) is 1.53. The number of aliphatic carboxylic acids is 1. The number of piperidine rings is 1. The van der Waals surface area contributed by atoms with E-state index in [1.54, 1.807) is 0 Å². The van der Waals surface area contributed by atoms with E-state index in [0.29, 0.717) is 11.8 Å². The molecule has 2 saturated heterocycles. The molecule has 24 heavy (non-hydrogen) atoms. The van der Waals surface area contributed by atoms with E-state index < -0.39 is 30.5 Å². The Balaban J connectivity index is 1.80. The van der Waals surface area contributed by atoms with Crippen LogP contribution in [-0.2, 0) is 4.79 Å². The SMILES string of the molecule is O=C(O)[C@@H]1CN(c2ccnc(N3CCCCC3)n2)C[C@H]1C(F)(F)F. The van der Waals surface area contributed by atoms with Crippen LogP contribution in [0.1, 0.15) is 19.3 Å². The van der Waals surface area contributed by atoms with Gasteiger partial charge in [0.15, 0.2) is 0 Å². The molecule has 2 aliphatic heterocycles. The number of nitrogens with zero attached hydrogens (tertiary/aromatic N) is 4. The summed E-state index contributed by atoms with van der Waals surface area (Å²) in [7, 11) is 0. The lowest BCUT2D eigenvalue weighted by molar-refractivity contribution is -0.187. The van der Waals surface area contributed by atoms with Gasteiger partial charge in [0.05, 0.1) is 11.8 Å². The molecular weight excluding hydrogens is 325 g/mol. The van der Waals surface area contributed by atoms with Gasteiger partial charge in [-0.15, -0.1) is 0 Å². The molecule has 0 radical (unpaired) electrons. The van der Waals surface area contributed by atoms with Gasteiger partial charge in [-0.1, -0.05) is 0 Å². The number of carboxylic acids is 1. The second-order valence-corrected chi connectivity index (χ2v) is 6.26. The predicted octanol–water partition coefficient (Wildman–Crippen LogP) is 2.17. The predicted molar refractivity (Wildman–Crippen MR) is 81.0 cm³/mol. The van der Waals surface area contributed by atoms with Gasteiger partial charge >= 0.3 is 12.1 Å².